The predicted octanol–water partition coefficient (Wildman–Crippen LogP) is 4.15. The molecular weight excluding hydrogens is 348 g/mol. The highest BCUT2D eigenvalue weighted by Crippen LogP contribution is 2.30. The molecule has 1 aliphatic rings. The highest BCUT2D eigenvalue weighted by atomic mass is 16.5. The normalized spacial score (nSPS) is 15.5. The Morgan fingerprint density at radius 2 is 1.57 bits per heavy atom. The molecule has 0 aromatic heterocycles. The lowest BCUT2D eigenvalue weighted by molar-refractivity contribution is 0.153. The third-order valence-electron chi connectivity index (χ3n) is 5.36. The predicted molar refractivity (Wildman–Crippen MR) is 115 cm³/mol. The smallest absolute Gasteiger partial charge is 0.161 e. The highest BCUT2D eigenvalue weighted by Gasteiger charge is 2.13. The van der Waals surface area contributed by atoms with E-state index in [0.29, 0.717) is 13.2 Å². The van der Waals surface area contributed by atoms with Gasteiger partial charge in [0.1, 0.15) is 6.61 Å². The zero-order chi connectivity index (χ0) is 19.8. The average Bonchev–Trinajstić information content (AvgIpc) is 2.70. The van der Waals surface area contributed by atoms with E-state index in [1.54, 1.807) is 0 Å². The van der Waals surface area contributed by atoms with Gasteiger partial charge in [0.15, 0.2) is 11.5 Å². The van der Waals surface area contributed by atoms with Crippen LogP contribution in [-0.4, -0.2) is 56.2 Å². The standard InChI is InChI=1S/C24H34N2O2/c1-4-27-24-18-21(6-5-13-26-16-14-25(3)15-17-26)11-12-23(24)28-19-22-9-7-20(2)8-10-22/h7-12,18H,4-6,13-17,19H2,1-3H3. The molecule has 0 unspecified atom stereocenters. The second-order valence-electron chi connectivity index (χ2n) is 7.74. The van der Waals surface area contributed by atoms with Gasteiger partial charge in [0.05, 0.1) is 6.61 Å². The van der Waals surface area contributed by atoms with Gasteiger partial charge in [-0.3, -0.25) is 0 Å². The summed E-state index contributed by atoms with van der Waals surface area (Å²) in [5, 5.41) is 0. The van der Waals surface area contributed by atoms with Crippen molar-refractivity contribution < 1.29 is 9.47 Å². The summed E-state index contributed by atoms with van der Waals surface area (Å²) >= 11 is 0. The van der Waals surface area contributed by atoms with E-state index in [1.807, 2.05) is 6.92 Å². The number of aryl methyl sites for hydroxylation is 2. The van der Waals surface area contributed by atoms with E-state index in [-0.39, 0.29) is 0 Å². The summed E-state index contributed by atoms with van der Waals surface area (Å²) in [6.45, 7) is 11.2. The largest absolute Gasteiger partial charge is 0.490 e. The Bertz CT molecular complexity index is 722. The van der Waals surface area contributed by atoms with Crippen molar-refractivity contribution in [2.75, 3.05) is 46.4 Å². The summed E-state index contributed by atoms with van der Waals surface area (Å²) in [7, 11) is 2.20. The van der Waals surface area contributed by atoms with Crippen molar-refractivity contribution in [1.82, 2.24) is 9.80 Å². The molecule has 2 aromatic carbocycles. The Labute approximate surface area is 170 Å². The van der Waals surface area contributed by atoms with E-state index in [4.69, 9.17) is 9.47 Å². The molecule has 1 aliphatic heterocycles. The highest BCUT2D eigenvalue weighted by molar-refractivity contribution is 5.43. The Kier molecular flexibility index (Phi) is 7.75. The molecule has 4 nitrogen and oxygen atoms in total. The van der Waals surface area contributed by atoms with E-state index in [2.05, 4.69) is 66.2 Å². The molecule has 1 fully saturated rings. The maximum atomic E-state index is 6.04. The average molecular weight is 383 g/mol. The molecule has 0 aliphatic carbocycles. The first kappa shape index (κ1) is 20.7. The van der Waals surface area contributed by atoms with Crippen LogP contribution in [0.4, 0.5) is 0 Å². The summed E-state index contributed by atoms with van der Waals surface area (Å²) in [6.07, 6.45) is 2.25. The van der Waals surface area contributed by atoms with Gasteiger partial charge in [-0.2, -0.15) is 0 Å². The minimum absolute atomic E-state index is 0.559. The maximum absolute atomic E-state index is 6.04. The van der Waals surface area contributed by atoms with Gasteiger partial charge in [0.2, 0.25) is 0 Å². The van der Waals surface area contributed by atoms with Gasteiger partial charge < -0.3 is 19.3 Å². The number of ether oxygens (including phenoxy) is 2. The van der Waals surface area contributed by atoms with Gasteiger partial charge in [-0.05, 0) is 63.5 Å². The van der Waals surface area contributed by atoms with Crippen molar-refractivity contribution in [1.29, 1.82) is 0 Å². The van der Waals surface area contributed by atoms with Crippen LogP contribution in [0.3, 0.4) is 0 Å². The van der Waals surface area contributed by atoms with E-state index in [0.717, 1.165) is 17.9 Å². The summed E-state index contributed by atoms with van der Waals surface area (Å²) in [6, 6.07) is 14.8. The fourth-order valence-corrected chi connectivity index (χ4v) is 3.52. The third-order valence-corrected chi connectivity index (χ3v) is 5.36. The molecule has 0 spiro atoms. The van der Waals surface area contributed by atoms with E-state index >= 15 is 0 Å². The first-order chi connectivity index (χ1) is 13.6. The molecule has 0 radical (unpaired) electrons. The van der Waals surface area contributed by atoms with Crippen LogP contribution >= 0.6 is 0 Å². The molecule has 0 bridgehead atoms. The van der Waals surface area contributed by atoms with E-state index < -0.39 is 0 Å². The minimum atomic E-state index is 0.559. The van der Waals surface area contributed by atoms with Crippen LogP contribution in [0.5, 0.6) is 11.5 Å². The Morgan fingerprint density at radius 3 is 2.29 bits per heavy atom. The van der Waals surface area contributed by atoms with Crippen LogP contribution < -0.4 is 9.47 Å². The SMILES string of the molecule is CCOc1cc(CCCN2CCN(C)CC2)ccc1OCc1ccc(C)cc1. The molecule has 0 saturated carbocycles. The minimum Gasteiger partial charge on any atom is -0.490 e. The van der Waals surface area contributed by atoms with Gasteiger partial charge in [-0.15, -0.1) is 0 Å². The van der Waals surface area contributed by atoms with Crippen molar-refractivity contribution in [2.45, 2.75) is 33.3 Å². The molecule has 0 amide bonds. The summed E-state index contributed by atoms with van der Waals surface area (Å²) in [5.41, 5.74) is 3.75. The number of nitrogens with zero attached hydrogens (tertiary/aromatic N) is 2. The summed E-state index contributed by atoms with van der Waals surface area (Å²) in [5.74, 6) is 1.68. The molecule has 28 heavy (non-hydrogen) atoms. The Hall–Kier alpha value is -2.04. The fraction of sp³-hybridized carbons (Fsp3) is 0.500. The first-order valence-electron chi connectivity index (χ1n) is 10.5. The molecular formula is C24H34N2O2. The Morgan fingerprint density at radius 1 is 0.857 bits per heavy atom. The molecule has 152 valence electrons. The number of likely N-dealkylation sites (N-methyl/N-ethyl adjacent to an activating group) is 1. The van der Waals surface area contributed by atoms with Crippen LogP contribution in [0.25, 0.3) is 0 Å². The van der Waals surface area contributed by atoms with Crippen molar-refractivity contribution in [2.24, 2.45) is 0 Å². The zero-order valence-corrected chi connectivity index (χ0v) is 17.6. The molecule has 3 rings (SSSR count). The lowest BCUT2D eigenvalue weighted by Crippen LogP contribution is -2.44. The number of hydrogen-bond acceptors (Lipinski definition) is 4. The van der Waals surface area contributed by atoms with Gasteiger partial charge in [-0.25, -0.2) is 0 Å². The number of piperazine rings is 1. The second-order valence-corrected chi connectivity index (χ2v) is 7.74. The zero-order valence-electron chi connectivity index (χ0n) is 17.6. The van der Waals surface area contributed by atoms with Gasteiger partial charge in [0.25, 0.3) is 0 Å². The summed E-state index contributed by atoms with van der Waals surface area (Å²) < 4.78 is 11.9. The van der Waals surface area contributed by atoms with Gasteiger partial charge in [-0.1, -0.05) is 35.9 Å². The van der Waals surface area contributed by atoms with Crippen LogP contribution in [-0.2, 0) is 13.0 Å². The lowest BCUT2D eigenvalue weighted by Gasteiger charge is -2.32. The first-order valence-corrected chi connectivity index (χ1v) is 10.5. The van der Waals surface area contributed by atoms with Crippen LogP contribution in [0.15, 0.2) is 42.5 Å². The third kappa shape index (κ3) is 6.25. The van der Waals surface area contributed by atoms with Crippen LogP contribution in [0.2, 0.25) is 0 Å². The number of hydrogen-bond donors (Lipinski definition) is 0. The van der Waals surface area contributed by atoms with E-state index in [1.165, 1.54) is 55.8 Å². The van der Waals surface area contributed by atoms with Crippen molar-refractivity contribution in [3.05, 3.63) is 59.2 Å². The van der Waals surface area contributed by atoms with Crippen molar-refractivity contribution in [3.8, 4) is 11.5 Å². The fourth-order valence-electron chi connectivity index (χ4n) is 3.52. The molecule has 1 heterocycles. The van der Waals surface area contributed by atoms with E-state index in [9.17, 15) is 0 Å². The number of rotatable bonds is 9. The molecule has 0 atom stereocenters. The van der Waals surface area contributed by atoms with Crippen molar-refractivity contribution >= 4 is 0 Å². The Balaban J connectivity index is 1.53. The number of benzene rings is 2. The quantitative estimate of drug-likeness (QED) is 0.650. The summed E-state index contributed by atoms with van der Waals surface area (Å²) in [4.78, 5) is 4.97. The van der Waals surface area contributed by atoms with Crippen LogP contribution in [0, 0.1) is 6.92 Å². The lowest BCUT2D eigenvalue weighted by atomic mass is 10.1. The molecule has 1 saturated heterocycles. The molecule has 2 aromatic rings. The van der Waals surface area contributed by atoms with Gasteiger partial charge in [0, 0.05) is 26.2 Å². The monoisotopic (exact) mass is 382 g/mol. The molecule has 0 N–H and O–H groups in total. The van der Waals surface area contributed by atoms with Crippen molar-refractivity contribution in [3.63, 3.8) is 0 Å². The topological polar surface area (TPSA) is 24.9 Å². The second kappa shape index (κ2) is 10.5. The van der Waals surface area contributed by atoms with Gasteiger partial charge >= 0.3 is 0 Å². The maximum Gasteiger partial charge on any atom is 0.161 e. The van der Waals surface area contributed by atoms with Crippen LogP contribution in [0.1, 0.15) is 30.0 Å². The molecule has 4 heteroatoms.